The predicted molar refractivity (Wildman–Crippen MR) is 111 cm³/mol. The molecular formula is C22H25F6N5. The first-order valence-electron chi connectivity index (χ1n) is 11.1. The Morgan fingerprint density at radius 2 is 1.76 bits per heavy atom. The molecule has 4 heterocycles. The van der Waals surface area contributed by atoms with Gasteiger partial charge in [0.05, 0.1) is 17.2 Å². The Morgan fingerprint density at radius 3 is 2.42 bits per heavy atom. The molecule has 0 aliphatic carbocycles. The van der Waals surface area contributed by atoms with Crippen molar-refractivity contribution >= 4 is 16.7 Å². The van der Waals surface area contributed by atoms with Crippen LogP contribution in [0.4, 0.5) is 32.0 Å². The normalized spacial score (nSPS) is 29.1. The van der Waals surface area contributed by atoms with E-state index in [1.807, 2.05) is 0 Å². The van der Waals surface area contributed by atoms with Crippen molar-refractivity contribution in [3.63, 3.8) is 0 Å². The van der Waals surface area contributed by atoms with Crippen LogP contribution in [-0.4, -0.2) is 66.9 Å². The molecule has 1 spiro atoms. The van der Waals surface area contributed by atoms with E-state index < -0.39 is 29.8 Å². The summed E-state index contributed by atoms with van der Waals surface area (Å²) in [4.78, 5) is 11.6. The van der Waals surface area contributed by atoms with Crippen LogP contribution in [0.3, 0.4) is 0 Å². The van der Waals surface area contributed by atoms with Gasteiger partial charge < -0.3 is 15.1 Å². The number of likely N-dealkylation sites (tertiary alicyclic amines) is 1. The van der Waals surface area contributed by atoms with E-state index in [4.69, 9.17) is 0 Å². The van der Waals surface area contributed by atoms with E-state index in [-0.39, 0.29) is 35.2 Å². The van der Waals surface area contributed by atoms with Gasteiger partial charge in [-0.3, -0.25) is 9.97 Å². The summed E-state index contributed by atoms with van der Waals surface area (Å²) in [5, 5.41) is 3.36. The molecule has 1 aromatic carbocycles. The lowest BCUT2D eigenvalue weighted by Crippen LogP contribution is -2.38. The minimum absolute atomic E-state index is 0.0222. The smallest absolute Gasteiger partial charge is 0.369 e. The van der Waals surface area contributed by atoms with Crippen LogP contribution < -0.4 is 10.2 Å². The fourth-order valence-electron chi connectivity index (χ4n) is 5.81. The van der Waals surface area contributed by atoms with Crippen LogP contribution in [0.25, 0.3) is 11.0 Å². The summed E-state index contributed by atoms with van der Waals surface area (Å²) >= 11 is 0. The maximum atomic E-state index is 14.0. The van der Waals surface area contributed by atoms with Gasteiger partial charge in [0.25, 0.3) is 0 Å². The van der Waals surface area contributed by atoms with E-state index >= 15 is 0 Å². The van der Waals surface area contributed by atoms with Gasteiger partial charge in [0, 0.05) is 51.0 Å². The fraction of sp³-hybridized carbons (Fsp3) is 0.636. The van der Waals surface area contributed by atoms with Crippen LogP contribution in [0.1, 0.15) is 18.4 Å². The molecule has 0 radical (unpaired) electrons. The number of anilines is 1. The average Bonchev–Trinajstić information content (AvgIpc) is 3.47. The van der Waals surface area contributed by atoms with E-state index in [0.29, 0.717) is 6.54 Å². The van der Waals surface area contributed by atoms with Crippen molar-refractivity contribution in [3.05, 3.63) is 30.1 Å². The van der Waals surface area contributed by atoms with Crippen LogP contribution in [0, 0.1) is 17.3 Å². The Labute approximate surface area is 187 Å². The number of hydrogen-bond acceptors (Lipinski definition) is 5. The van der Waals surface area contributed by atoms with Gasteiger partial charge in [0.15, 0.2) is 0 Å². The highest BCUT2D eigenvalue weighted by atomic mass is 19.4. The first-order valence-corrected chi connectivity index (χ1v) is 11.1. The second-order valence-corrected chi connectivity index (χ2v) is 9.61. The maximum Gasteiger partial charge on any atom is 0.418 e. The highest BCUT2D eigenvalue weighted by Crippen LogP contribution is 2.44. The zero-order chi connectivity index (χ0) is 23.4. The van der Waals surface area contributed by atoms with Gasteiger partial charge in [-0.1, -0.05) is 0 Å². The van der Waals surface area contributed by atoms with Crippen LogP contribution in [0.15, 0.2) is 24.5 Å². The summed E-state index contributed by atoms with van der Waals surface area (Å²) < 4.78 is 82.2. The second kappa shape index (κ2) is 7.97. The van der Waals surface area contributed by atoms with Crippen molar-refractivity contribution < 1.29 is 26.3 Å². The molecule has 5 nitrogen and oxygen atoms in total. The molecule has 0 amide bonds. The van der Waals surface area contributed by atoms with Gasteiger partial charge in [0.1, 0.15) is 11.0 Å². The van der Waals surface area contributed by atoms with Crippen molar-refractivity contribution in [1.82, 2.24) is 20.2 Å². The highest BCUT2D eigenvalue weighted by molar-refractivity contribution is 5.91. The van der Waals surface area contributed by atoms with Crippen molar-refractivity contribution in [2.24, 2.45) is 17.3 Å². The number of hydrogen-bond donors (Lipinski definition) is 1. The molecule has 3 atom stereocenters. The summed E-state index contributed by atoms with van der Waals surface area (Å²) in [6.45, 7) is 3.55. The van der Waals surface area contributed by atoms with E-state index in [2.05, 4.69) is 20.2 Å². The third-order valence-corrected chi connectivity index (χ3v) is 7.45. The van der Waals surface area contributed by atoms with Crippen molar-refractivity contribution in [2.75, 3.05) is 50.7 Å². The van der Waals surface area contributed by atoms with Gasteiger partial charge >= 0.3 is 12.4 Å². The molecule has 180 valence electrons. The van der Waals surface area contributed by atoms with E-state index in [9.17, 15) is 26.3 Å². The number of nitrogens with one attached hydrogen (secondary N) is 1. The molecular weight excluding hydrogens is 448 g/mol. The number of rotatable bonds is 3. The number of alkyl halides is 6. The number of aromatic nitrogens is 2. The van der Waals surface area contributed by atoms with E-state index in [1.54, 1.807) is 0 Å². The monoisotopic (exact) mass is 473 g/mol. The lowest BCUT2D eigenvalue weighted by molar-refractivity contribution is -0.180. The molecule has 11 heteroatoms. The minimum Gasteiger partial charge on any atom is -0.369 e. The van der Waals surface area contributed by atoms with Gasteiger partial charge in [-0.05, 0) is 43.5 Å². The molecule has 2 aromatic rings. The minimum atomic E-state index is -4.63. The predicted octanol–water partition coefficient (Wildman–Crippen LogP) is 3.95. The second-order valence-electron chi connectivity index (χ2n) is 9.61. The van der Waals surface area contributed by atoms with Gasteiger partial charge in [-0.25, -0.2) is 0 Å². The largest absolute Gasteiger partial charge is 0.418 e. The number of benzene rings is 1. The lowest BCUT2D eigenvalue weighted by Gasteiger charge is -2.27. The molecule has 3 saturated heterocycles. The summed E-state index contributed by atoms with van der Waals surface area (Å²) in [7, 11) is 0. The average molecular weight is 473 g/mol. The summed E-state index contributed by atoms with van der Waals surface area (Å²) in [5.74, 6) is -2.21. The molecule has 1 aromatic heterocycles. The van der Waals surface area contributed by atoms with Crippen LogP contribution in [0.5, 0.6) is 0 Å². The quantitative estimate of drug-likeness (QED) is 0.685. The zero-order valence-electron chi connectivity index (χ0n) is 17.9. The molecule has 33 heavy (non-hydrogen) atoms. The summed E-state index contributed by atoms with van der Waals surface area (Å²) in [6.07, 6.45) is -4.58. The van der Waals surface area contributed by atoms with Crippen molar-refractivity contribution in [2.45, 2.75) is 25.2 Å². The van der Waals surface area contributed by atoms with Crippen LogP contribution >= 0.6 is 0 Å². The third kappa shape index (κ3) is 4.25. The molecule has 0 bridgehead atoms. The Bertz CT molecular complexity index is 1020. The van der Waals surface area contributed by atoms with Gasteiger partial charge in [-0.2, -0.15) is 26.3 Å². The van der Waals surface area contributed by atoms with E-state index in [1.165, 1.54) is 17.2 Å². The molecule has 3 fully saturated rings. The Kier molecular flexibility index (Phi) is 5.47. The standard InChI is InChI=1S/C22H25F6N5/c23-21(24,25)15-1-2-17(19-18(15)30-6-7-31-19)33-10-14(16(11-33)22(26,27)28)9-32-8-4-20(13-32)3-5-29-12-20/h1-2,6-7,14,16,29H,3-5,8-13H2/t14-,16-,20?/m0/s1. The number of nitrogens with zero attached hydrogens (tertiary/aromatic N) is 4. The highest BCUT2D eigenvalue weighted by Gasteiger charge is 2.51. The zero-order valence-corrected chi connectivity index (χ0v) is 17.9. The van der Waals surface area contributed by atoms with Crippen molar-refractivity contribution in [1.29, 1.82) is 0 Å². The first-order chi connectivity index (χ1) is 15.6. The summed E-state index contributed by atoms with van der Waals surface area (Å²) in [5.41, 5.74) is -0.882. The van der Waals surface area contributed by atoms with Crippen LogP contribution in [-0.2, 0) is 6.18 Å². The van der Waals surface area contributed by atoms with Crippen molar-refractivity contribution in [3.8, 4) is 0 Å². The Balaban J connectivity index is 1.42. The molecule has 5 rings (SSSR count). The van der Waals surface area contributed by atoms with Gasteiger partial charge in [-0.15, -0.1) is 0 Å². The lowest BCUT2D eigenvalue weighted by atomic mass is 9.86. The molecule has 3 aliphatic rings. The Morgan fingerprint density at radius 1 is 1.00 bits per heavy atom. The maximum absolute atomic E-state index is 14.0. The fourth-order valence-corrected chi connectivity index (χ4v) is 5.81. The summed E-state index contributed by atoms with van der Waals surface area (Å²) in [6, 6.07) is 2.12. The SMILES string of the molecule is FC(F)(F)c1ccc(N2C[C@H](CN3CCC4(CCNC4)C3)[C@@H](C(F)(F)F)C2)c2nccnc12. The van der Waals surface area contributed by atoms with Gasteiger partial charge in [0.2, 0.25) is 0 Å². The topological polar surface area (TPSA) is 44.3 Å². The molecule has 0 saturated carbocycles. The molecule has 1 N–H and O–H groups in total. The number of halogens is 6. The van der Waals surface area contributed by atoms with E-state index in [0.717, 1.165) is 51.3 Å². The Hall–Kier alpha value is -2.14. The third-order valence-electron chi connectivity index (χ3n) is 7.45. The molecule has 3 aliphatic heterocycles. The van der Waals surface area contributed by atoms with Crippen LogP contribution in [0.2, 0.25) is 0 Å². The first kappa shape index (κ1) is 22.6. The molecule has 1 unspecified atom stereocenters. The number of fused-ring (bicyclic) bond motifs is 1.